The third kappa shape index (κ3) is 2.28. The van der Waals surface area contributed by atoms with Gasteiger partial charge in [0.1, 0.15) is 11.6 Å². The highest BCUT2D eigenvalue weighted by Crippen LogP contribution is 2.29. The minimum absolute atomic E-state index is 0.0486. The molecule has 5 nitrogen and oxygen atoms in total. The average molecular weight is 227 g/mol. The fourth-order valence-electron chi connectivity index (χ4n) is 1.22. The lowest BCUT2D eigenvalue weighted by Crippen LogP contribution is -2.09. The molecule has 1 N–H and O–H groups in total. The summed E-state index contributed by atoms with van der Waals surface area (Å²) in [6.07, 6.45) is 0.363. The summed E-state index contributed by atoms with van der Waals surface area (Å²) in [5, 5.41) is 2.27. The number of carbonyl (C=O) groups is 2. The number of hydrogen-bond acceptors (Lipinski definition) is 4. The molecule has 86 valence electrons. The van der Waals surface area contributed by atoms with E-state index in [1.54, 1.807) is 0 Å². The molecule has 0 aliphatic carbocycles. The van der Waals surface area contributed by atoms with Crippen molar-refractivity contribution in [3.05, 3.63) is 23.5 Å². The average Bonchev–Trinajstić information content (AvgIpc) is 2.29. The third-order valence-electron chi connectivity index (χ3n) is 1.90. The van der Waals surface area contributed by atoms with Gasteiger partial charge in [0.25, 0.3) is 0 Å². The van der Waals surface area contributed by atoms with Gasteiger partial charge in [-0.25, -0.2) is 9.18 Å². The molecule has 0 bridgehead atoms. The van der Waals surface area contributed by atoms with E-state index >= 15 is 0 Å². The van der Waals surface area contributed by atoms with Crippen molar-refractivity contribution >= 4 is 18.1 Å². The van der Waals surface area contributed by atoms with Gasteiger partial charge in [-0.1, -0.05) is 0 Å². The van der Waals surface area contributed by atoms with Gasteiger partial charge in [-0.15, -0.1) is 0 Å². The number of esters is 1. The summed E-state index contributed by atoms with van der Waals surface area (Å²) in [7, 11) is 2.45. The predicted molar refractivity (Wildman–Crippen MR) is 54.0 cm³/mol. The molecule has 0 spiro atoms. The highest BCUT2D eigenvalue weighted by atomic mass is 19.1. The molecule has 0 unspecified atom stereocenters. The van der Waals surface area contributed by atoms with E-state index in [-0.39, 0.29) is 17.0 Å². The second kappa shape index (κ2) is 5.11. The molecule has 0 saturated carbocycles. The van der Waals surface area contributed by atoms with E-state index in [1.165, 1.54) is 7.11 Å². The summed E-state index contributed by atoms with van der Waals surface area (Å²) in [6.45, 7) is 0. The molecule has 16 heavy (non-hydrogen) atoms. The zero-order valence-corrected chi connectivity index (χ0v) is 8.74. The lowest BCUT2D eigenvalue weighted by molar-refractivity contribution is -0.105. The van der Waals surface area contributed by atoms with Crippen molar-refractivity contribution < 1.29 is 23.5 Å². The Morgan fingerprint density at radius 1 is 1.44 bits per heavy atom. The summed E-state index contributed by atoms with van der Waals surface area (Å²) >= 11 is 0. The maximum atomic E-state index is 13.1. The summed E-state index contributed by atoms with van der Waals surface area (Å²) in [5.74, 6) is -1.37. The van der Waals surface area contributed by atoms with Crippen molar-refractivity contribution in [1.82, 2.24) is 0 Å². The molecule has 0 aromatic heterocycles. The van der Waals surface area contributed by atoms with E-state index in [0.717, 1.165) is 19.2 Å². The Balaban J connectivity index is 3.37. The van der Waals surface area contributed by atoms with Crippen LogP contribution < -0.4 is 10.1 Å². The Morgan fingerprint density at radius 3 is 2.62 bits per heavy atom. The zero-order chi connectivity index (χ0) is 12.1. The standard InChI is InChI=1S/C10H10FNO4/c1-15-8-4-6(11)3-7(10(14)16-2)9(8)12-5-13/h3-5H,1-2H3,(H,12,13). The van der Waals surface area contributed by atoms with Crippen molar-refractivity contribution in [3.8, 4) is 5.75 Å². The number of amides is 1. The minimum atomic E-state index is -0.762. The molecule has 0 fully saturated rings. The van der Waals surface area contributed by atoms with E-state index < -0.39 is 11.8 Å². The van der Waals surface area contributed by atoms with Crippen molar-refractivity contribution in [1.29, 1.82) is 0 Å². The van der Waals surface area contributed by atoms with Gasteiger partial charge < -0.3 is 14.8 Å². The lowest BCUT2D eigenvalue weighted by atomic mass is 10.1. The molecular weight excluding hydrogens is 217 g/mol. The Bertz CT molecular complexity index is 420. The van der Waals surface area contributed by atoms with Crippen molar-refractivity contribution in [2.45, 2.75) is 0 Å². The number of nitrogens with one attached hydrogen (secondary N) is 1. The molecule has 0 aliphatic rings. The first-order chi connectivity index (χ1) is 7.63. The van der Waals surface area contributed by atoms with Gasteiger partial charge in [-0.3, -0.25) is 4.79 Å². The summed E-state index contributed by atoms with van der Waals surface area (Å²) < 4.78 is 22.4. The van der Waals surface area contributed by atoms with E-state index in [0.29, 0.717) is 6.41 Å². The minimum Gasteiger partial charge on any atom is -0.494 e. The van der Waals surface area contributed by atoms with Gasteiger partial charge in [0.15, 0.2) is 0 Å². The zero-order valence-electron chi connectivity index (χ0n) is 8.74. The summed E-state index contributed by atoms with van der Waals surface area (Å²) in [5.41, 5.74) is -0.0304. The van der Waals surface area contributed by atoms with Gasteiger partial charge in [0.05, 0.1) is 25.5 Å². The van der Waals surface area contributed by atoms with Crippen LogP contribution in [0.3, 0.4) is 0 Å². The van der Waals surface area contributed by atoms with Crippen LogP contribution in [0, 0.1) is 5.82 Å². The Kier molecular flexibility index (Phi) is 3.82. The predicted octanol–water partition coefficient (Wildman–Crippen LogP) is 1.19. The molecule has 0 radical (unpaired) electrons. The van der Waals surface area contributed by atoms with Crippen LogP contribution in [-0.2, 0) is 9.53 Å². The van der Waals surface area contributed by atoms with E-state index in [1.807, 2.05) is 0 Å². The molecule has 6 heteroatoms. The van der Waals surface area contributed by atoms with Crippen LogP contribution in [0.2, 0.25) is 0 Å². The van der Waals surface area contributed by atoms with Gasteiger partial charge in [-0.05, 0) is 6.07 Å². The normalized spacial score (nSPS) is 9.44. The summed E-state index contributed by atoms with van der Waals surface area (Å²) in [6, 6.07) is 2.01. The number of anilines is 1. The Morgan fingerprint density at radius 2 is 2.12 bits per heavy atom. The van der Waals surface area contributed by atoms with Crippen molar-refractivity contribution in [3.63, 3.8) is 0 Å². The molecule has 1 aromatic rings. The Hall–Kier alpha value is -2.11. The first-order valence-electron chi connectivity index (χ1n) is 4.30. The molecular formula is C10H10FNO4. The van der Waals surface area contributed by atoms with E-state index in [2.05, 4.69) is 10.1 Å². The number of benzene rings is 1. The third-order valence-corrected chi connectivity index (χ3v) is 1.90. The SMILES string of the molecule is COC(=O)c1cc(F)cc(OC)c1NC=O. The molecule has 0 aliphatic heterocycles. The number of halogens is 1. The number of ether oxygens (including phenoxy) is 2. The maximum absolute atomic E-state index is 13.1. The van der Waals surface area contributed by atoms with E-state index in [4.69, 9.17) is 4.74 Å². The van der Waals surface area contributed by atoms with Crippen molar-refractivity contribution in [2.24, 2.45) is 0 Å². The second-order valence-electron chi connectivity index (χ2n) is 2.78. The molecule has 0 atom stereocenters. The lowest BCUT2D eigenvalue weighted by Gasteiger charge is -2.11. The van der Waals surface area contributed by atoms with E-state index in [9.17, 15) is 14.0 Å². The molecule has 1 amide bonds. The number of methoxy groups -OCH3 is 2. The van der Waals surface area contributed by atoms with Crippen LogP contribution >= 0.6 is 0 Å². The molecule has 0 heterocycles. The second-order valence-corrected chi connectivity index (χ2v) is 2.78. The molecule has 0 saturated heterocycles. The largest absolute Gasteiger partial charge is 0.494 e. The van der Waals surface area contributed by atoms with Crippen LogP contribution in [0.5, 0.6) is 5.75 Å². The van der Waals surface area contributed by atoms with Crippen LogP contribution in [0.4, 0.5) is 10.1 Å². The first kappa shape index (κ1) is 12.0. The van der Waals surface area contributed by atoms with Gasteiger partial charge in [0, 0.05) is 6.07 Å². The van der Waals surface area contributed by atoms with Gasteiger partial charge >= 0.3 is 5.97 Å². The summed E-state index contributed by atoms with van der Waals surface area (Å²) in [4.78, 5) is 21.7. The van der Waals surface area contributed by atoms with Gasteiger partial charge in [-0.2, -0.15) is 0 Å². The number of carbonyl (C=O) groups excluding carboxylic acids is 2. The van der Waals surface area contributed by atoms with Crippen LogP contribution in [0.1, 0.15) is 10.4 Å². The fourth-order valence-corrected chi connectivity index (χ4v) is 1.22. The van der Waals surface area contributed by atoms with Crippen LogP contribution in [0.25, 0.3) is 0 Å². The highest BCUT2D eigenvalue weighted by Gasteiger charge is 2.18. The number of hydrogen-bond donors (Lipinski definition) is 1. The fraction of sp³-hybridized carbons (Fsp3) is 0.200. The van der Waals surface area contributed by atoms with Gasteiger partial charge in [0.2, 0.25) is 6.41 Å². The van der Waals surface area contributed by atoms with Crippen LogP contribution in [0.15, 0.2) is 12.1 Å². The van der Waals surface area contributed by atoms with Crippen LogP contribution in [-0.4, -0.2) is 26.6 Å². The topological polar surface area (TPSA) is 64.6 Å². The first-order valence-corrected chi connectivity index (χ1v) is 4.30. The monoisotopic (exact) mass is 227 g/mol. The molecule has 1 rings (SSSR count). The molecule has 1 aromatic carbocycles. The maximum Gasteiger partial charge on any atom is 0.340 e. The Labute approximate surface area is 91.2 Å². The highest BCUT2D eigenvalue weighted by molar-refractivity contribution is 5.99. The quantitative estimate of drug-likeness (QED) is 0.619. The van der Waals surface area contributed by atoms with Crippen molar-refractivity contribution in [2.75, 3.05) is 19.5 Å². The number of rotatable bonds is 4. The smallest absolute Gasteiger partial charge is 0.340 e.